The Balaban J connectivity index is 2.59. The number of hydrogen-bond donors (Lipinski definition) is 2. The van der Waals surface area contributed by atoms with Crippen LogP contribution in [0.3, 0.4) is 0 Å². The minimum absolute atomic E-state index is 0.433. The largest absolute Gasteiger partial charge is 0.481 e. The molecule has 0 aliphatic rings. The van der Waals surface area contributed by atoms with Crippen molar-refractivity contribution in [3.63, 3.8) is 0 Å². The highest BCUT2D eigenvalue weighted by Gasteiger charge is 2.37. The second kappa shape index (κ2) is 6.41. The maximum absolute atomic E-state index is 11.4. The number of benzene rings is 2. The number of rotatable bonds is 5. The molecule has 2 rings (SSSR count). The van der Waals surface area contributed by atoms with Crippen LogP contribution in [0.25, 0.3) is 0 Å². The molecule has 21 heavy (non-hydrogen) atoms. The fourth-order valence-electron chi connectivity index (χ4n) is 2.33. The van der Waals surface area contributed by atoms with Crippen LogP contribution in [-0.4, -0.2) is 22.2 Å². The predicted molar refractivity (Wildman–Crippen MR) is 78.5 cm³/mol. The molecule has 4 nitrogen and oxygen atoms in total. The minimum Gasteiger partial charge on any atom is -0.481 e. The summed E-state index contributed by atoms with van der Waals surface area (Å²) in [6, 6.07) is 15.3. The minimum atomic E-state index is -1.58. The predicted octanol–water partition coefficient (Wildman–Crippen LogP) is 3.26. The van der Waals surface area contributed by atoms with Gasteiger partial charge in [0.05, 0.1) is 0 Å². The summed E-state index contributed by atoms with van der Waals surface area (Å²) in [5.41, 5.74) is 1.18. The molecule has 0 saturated carbocycles. The zero-order valence-corrected chi connectivity index (χ0v) is 11.7. The molecule has 0 bridgehead atoms. The lowest BCUT2D eigenvalue weighted by Gasteiger charge is -2.22. The maximum atomic E-state index is 11.4. The summed E-state index contributed by atoms with van der Waals surface area (Å²) in [6.45, 7) is 0. The van der Waals surface area contributed by atoms with Gasteiger partial charge in [-0.3, -0.25) is 9.59 Å². The van der Waals surface area contributed by atoms with Crippen LogP contribution in [0.5, 0.6) is 0 Å². The van der Waals surface area contributed by atoms with Crippen molar-refractivity contribution in [3.05, 3.63) is 70.7 Å². The van der Waals surface area contributed by atoms with Gasteiger partial charge < -0.3 is 10.2 Å². The quantitative estimate of drug-likeness (QED) is 0.831. The van der Waals surface area contributed by atoms with E-state index >= 15 is 0 Å². The van der Waals surface area contributed by atoms with Crippen molar-refractivity contribution < 1.29 is 19.8 Å². The summed E-state index contributed by atoms with van der Waals surface area (Å²) >= 11 is 5.95. The highest BCUT2D eigenvalue weighted by atomic mass is 35.5. The zero-order chi connectivity index (χ0) is 15.4. The smallest absolute Gasteiger partial charge is 0.318 e. The monoisotopic (exact) mass is 304 g/mol. The van der Waals surface area contributed by atoms with Crippen molar-refractivity contribution in [1.82, 2.24) is 0 Å². The van der Waals surface area contributed by atoms with Gasteiger partial charge in [-0.25, -0.2) is 0 Å². The summed E-state index contributed by atoms with van der Waals surface area (Å²) in [6.07, 6.45) is 0. The topological polar surface area (TPSA) is 74.6 Å². The molecule has 0 aliphatic carbocycles. The molecule has 0 unspecified atom stereocenters. The molecule has 1 atom stereocenters. The third-order valence-corrected chi connectivity index (χ3v) is 3.47. The van der Waals surface area contributed by atoms with Crippen molar-refractivity contribution in [1.29, 1.82) is 0 Å². The lowest BCUT2D eigenvalue weighted by atomic mass is 9.80. The summed E-state index contributed by atoms with van der Waals surface area (Å²) in [4.78, 5) is 22.8. The highest BCUT2D eigenvalue weighted by Crippen LogP contribution is 2.33. The normalized spacial score (nSPS) is 12.1. The zero-order valence-electron chi connectivity index (χ0n) is 10.9. The van der Waals surface area contributed by atoms with Gasteiger partial charge in [-0.15, -0.1) is 0 Å². The van der Waals surface area contributed by atoms with E-state index < -0.39 is 23.8 Å². The van der Waals surface area contributed by atoms with Crippen molar-refractivity contribution in [2.45, 2.75) is 5.92 Å². The van der Waals surface area contributed by atoms with Crippen LogP contribution in [-0.2, 0) is 9.59 Å². The Morgan fingerprint density at radius 2 is 1.43 bits per heavy atom. The highest BCUT2D eigenvalue weighted by molar-refractivity contribution is 6.30. The Morgan fingerprint density at radius 1 is 0.857 bits per heavy atom. The number of halogens is 1. The second-order valence-electron chi connectivity index (χ2n) is 4.60. The molecule has 0 amide bonds. The van der Waals surface area contributed by atoms with Crippen LogP contribution >= 0.6 is 11.6 Å². The van der Waals surface area contributed by atoms with Gasteiger partial charge in [-0.2, -0.15) is 0 Å². The third-order valence-electron chi connectivity index (χ3n) is 3.23. The van der Waals surface area contributed by atoms with E-state index in [-0.39, 0.29) is 0 Å². The molecule has 0 aromatic heterocycles. The molecular weight excluding hydrogens is 292 g/mol. The molecule has 0 aliphatic heterocycles. The van der Waals surface area contributed by atoms with Crippen LogP contribution in [0.15, 0.2) is 54.6 Å². The van der Waals surface area contributed by atoms with Gasteiger partial charge in [0.25, 0.3) is 0 Å². The van der Waals surface area contributed by atoms with Crippen molar-refractivity contribution in [2.75, 3.05) is 0 Å². The first kappa shape index (κ1) is 15.1. The van der Waals surface area contributed by atoms with Crippen LogP contribution in [0, 0.1) is 5.92 Å². The van der Waals surface area contributed by atoms with E-state index in [0.717, 1.165) is 0 Å². The average Bonchev–Trinajstić information content (AvgIpc) is 2.44. The summed E-state index contributed by atoms with van der Waals surface area (Å²) in [7, 11) is 0. The number of hydrogen-bond acceptors (Lipinski definition) is 2. The van der Waals surface area contributed by atoms with Crippen molar-refractivity contribution in [2.24, 2.45) is 5.92 Å². The number of carbonyl (C=O) groups is 2. The maximum Gasteiger partial charge on any atom is 0.318 e. The summed E-state index contributed by atoms with van der Waals surface area (Å²) in [5, 5.41) is 19.0. The number of carboxylic acid groups (broad SMARTS) is 2. The van der Waals surface area contributed by atoms with Crippen LogP contribution < -0.4 is 0 Å². The van der Waals surface area contributed by atoms with Gasteiger partial charge in [-0.05, 0) is 23.3 Å². The van der Waals surface area contributed by atoms with Crippen LogP contribution in [0.1, 0.15) is 17.0 Å². The molecule has 0 saturated heterocycles. The van der Waals surface area contributed by atoms with E-state index in [1.807, 2.05) is 0 Å². The molecule has 2 N–H and O–H groups in total. The van der Waals surface area contributed by atoms with Gasteiger partial charge in [0.15, 0.2) is 5.92 Å². The molecule has 0 spiro atoms. The van der Waals surface area contributed by atoms with Gasteiger partial charge >= 0.3 is 11.9 Å². The van der Waals surface area contributed by atoms with Gasteiger partial charge in [0.2, 0.25) is 0 Å². The lowest BCUT2D eigenvalue weighted by Crippen LogP contribution is -2.30. The first-order chi connectivity index (χ1) is 10.0. The Morgan fingerprint density at radius 3 is 1.95 bits per heavy atom. The fourth-order valence-corrected chi connectivity index (χ4v) is 2.53. The Hall–Kier alpha value is -2.33. The molecule has 5 heteroatoms. The second-order valence-corrected chi connectivity index (χ2v) is 5.03. The Bertz CT molecular complexity index is 640. The first-order valence-corrected chi connectivity index (χ1v) is 6.64. The molecule has 2 aromatic carbocycles. The van der Waals surface area contributed by atoms with Gasteiger partial charge in [0.1, 0.15) is 0 Å². The van der Waals surface area contributed by atoms with E-state index in [4.69, 9.17) is 11.6 Å². The molecule has 2 aromatic rings. The van der Waals surface area contributed by atoms with Gasteiger partial charge in [-0.1, -0.05) is 54.1 Å². The van der Waals surface area contributed by atoms with E-state index in [2.05, 4.69) is 0 Å². The lowest BCUT2D eigenvalue weighted by molar-refractivity contribution is -0.155. The SMILES string of the molecule is O=C(O)C(C(=O)O)[C@H](c1ccccc1)c1cccc(Cl)c1. The number of carboxylic acids is 2. The Kier molecular flexibility index (Phi) is 4.60. The summed E-state index contributed by atoms with van der Waals surface area (Å²) < 4.78 is 0. The number of aliphatic carboxylic acids is 2. The molecular formula is C16H13ClO4. The van der Waals surface area contributed by atoms with Crippen molar-refractivity contribution in [3.8, 4) is 0 Å². The third kappa shape index (κ3) is 3.41. The first-order valence-electron chi connectivity index (χ1n) is 6.26. The summed E-state index contributed by atoms with van der Waals surface area (Å²) in [5.74, 6) is -5.14. The standard InChI is InChI=1S/C16H13ClO4/c17-12-8-4-7-11(9-12)13(10-5-2-1-3-6-10)14(15(18)19)16(20)21/h1-9,13-14H,(H,18,19)(H,20,21)/t13-/m1/s1. The van der Waals surface area contributed by atoms with E-state index in [1.54, 1.807) is 54.6 Å². The van der Waals surface area contributed by atoms with Gasteiger partial charge in [0, 0.05) is 10.9 Å². The molecule has 0 heterocycles. The fraction of sp³-hybridized carbons (Fsp3) is 0.125. The molecule has 0 fully saturated rings. The van der Waals surface area contributed by atoms with Crippen LogP contribution in [0.2, 0.25) is 5.02 Å². The molecule has 108 valence electrons. The van der Waals surface area contributed by atoms with E-state index in [0.29, 0.717) is 16.1 Å². The molecule has 0 radical (unpaired) electrons. The van der Waals surface area contributed by atoms with E-state index in [1.165, 1.54) is 0 Å². The van der Waals surface area contributed by atoms with Crippen molar-refractivity contribution >= 4 is 23.5 Å². The average molecular weight is 305 g/mol. The Labute approximate surface area is 126 Å². The van der Waals surface area contributed by atoms with Crippen LogP contribution in [0.4, 0.5) is 0 Å². The van der Waals surface area contributed by atoms with E-state index in [9.17, 15) is 19.8 Å².